The molecule has 0 fully saturated rings. The van der Waals surface area contributed by atoms with E-state index in [1.807, 2.05) is 13.0 Å². The van der Waals surface area contributed by atoms with Crippen molar-refractivity contribution >= 4 is 5.91 Å². The topological polar surface area (TPSA) is 60.1 Å². The quantitative estimate of drug-likeness (QED) is 0.752. The Morgan fingerprint density at radius 2 is 2.11 bits per heavy atom. The molecule has 1 atom stereocenters. The van der Waals surface area contributed by atoms with Crippen LogP contribution in [0.25, 0.3) is 5.69 Å². The number of nitrogens with one attached hydrogen (secondary N) is 1. The van der Waals surface area contributed by atoms with E-state index < -0.39 is 11.6 Å². The molecule has 7 heteroatoms. The Morgan fingerprint density at radius 3 is 2.81 bits per heavy atom. The number of carbonyl (C=O) groups excluding carboxylic acids is 1. The van der Waals surface area contributed by atoms with Gasteiger partial charge in [0.2, 0.25) is 0 Å². The highest BCUT2D eigenvalue weighted by Gasteiger charge is 2.28. The molecule has 1 amide bonds. The molecule has 1 aromatic carbocycles. The molecule has 0 radical (unpaired) electrons. The standard InChI is InChI=1S/C20H19F2N3O2/c1-11-8-12(2)27-19(11)20(26)24-16-4-3-5-17-14(16)10-23-25(17)18-7-6-13(21)9-15(18)22/h6-10,16H,3-5H2,1-2H3,(H,24,26). The fourth-order valence-corrected chi connectivity index (χ4v) is 3.66. The molecule has 0 saturated carbocycles. The number of aromatic nitrogens is 2. The van der Waals surface area contributed by atoms with Gasteiger partial charge in [-0.1, -0.05) is 0 Å². The van der Waals surface area contributed by atoms with Crippen molar-refractivity contribution in [3.63, 3.8) is 0 Å². The molecule has 1 N–H and O–H groups in total. The predicted molar refractivity (Wildman–Crippen MR) is 94.8 cm³/mol. The van der Waals surface area contributed by atoms with Crippen LogP contribution in [-0.2, 0) is 6.42 Å². The highest BCUT2D eigenvalue weighted by Crippen LogP contribution is 2.32. The van der Waals surface area contributed by atoms with E-state index in [0.717, 1.165) is 35.7 Å². The zero-order valence-corrected chi connectivity index (χ0v) is 15.1. The highest BCUT2D eigenvalue weighted by molar-refractivity contribution is 5.93. The number of carbonyl (C=O) groups is 1. The first kappa shape index (κ1) is 17.5. The molecule has 1 unspecified atom stereocenters. The molecule has 0 bridgehead atoms. The zero-order valence-electron chi connectivity index (χ0n) is 15.1. The Bertz CT molecular complexity index is 1020. The summed E-state index contributed by atoms with van der Waals surface area (Å²) >= 11 is 0. The lowest BCUT2D eigenvalue weighted by molar-refractivity contribution is 0.0902. The van der Waals surface area contributed by atoms with Gasteiger partial charge in [-0.25, -0.2) is 13.5 Å². The van der Waals surface area contributed by atoms with Crippen molar-refractivity contribution in [2.75, 3.05) is 0 Å². The molecule has 1 aliphatic rings. The molecular weight excluding hydrogens is 352 g/mol. The van der Waals surface area contributed by atoms with Crippen LogP contribution in [0.15, 0.2) is 34.9 Å². The SMILES string of the molecule is Cc1cc(C)c(C(=O)NC2CCCc3c2cnn3-c2ccc(F)cc2F)o1. The van der Waals surface area contributed by atoms with Crippen LogP contribution in [0.5, 0.6) is 0 Å². The summed E-state index contributed by atoms with van der Waals surface area (Å²) in [6.07, 6.45) is 3.93. The Labute approximate surface area is 155 Å². The van der Waals surface area contributed by atoms with Crippen molar-refractivity contribution in [3.8, 4) is 5.69 Å². The van der Waals surface area contributed by atoms with Crippen LogP contribution in [0.1, 0.15) is 52.0 Å². The van der Waals surface area contributed by atoms with E-state index in [1.165, 1.54) is 16.8 Å². The van der Waals surface area contributed by atoms with Crippen molar-refractivity contribution in [2.24, 2.45) is 0 Å². The van der Waals surface area contributed by atoms with E-state index in [9.17, 15) is 13.6 Å². The number of furan rings is 1. The first-order valence-corrected chi connectivity index (χ1v) is 8.84. The van der Waals surface area contributed by atoms with Crippen molar-refractivity contribution < 1.29 is 18.0 Å². The smallest absolute Gasteiger partial charge is 0.287 e. The number of nitrogens with zero attached hydrogens (tertiary/aromatic N) is 2. The third-order valence-electron chi connectivity index (χ3n) is 4.87. The number of aryl methyl sites for hydroxylation is 2. The van der Waals surface area contributed by atoms with Gasteiger partial charge in [-0.15, -0.1) is 0 Å². The number of benzene rings is 1. The number of rotatable bonds is 3. The molecule has 0 saturated heterocycles. The highest BCUT2D eigenvalue weighted by atomic mass is 19.1. The summed E-state index contributed by atoms with van der Waals surface area (Å²) in [6, 6.07) is 5.00. The second-order valence-electron chi connectivity index (χ2n) is 6.84. The zero-order chi connectivity index (χ0) is 19.1. The van der Waals surface area contributed by atoms with Crippen LogP contribution < -0.4 is 5.32 Å². The van der Waals surface area contributed by atoms with Gasteiger partial charge >= 0.3 is 0 Å². The third-order valence-corrected chi connectivity index (χ3v) is 4.87. The fourth-order valence-electron chi connectivity index (χ4n) is 3.66. The number of hydrogen-bond donors (Lipinski definition) is 1. The Morgan fingerprint density at radius 1 is 1.30 bits per heavy atom. The summed E-state index contributed by atoms with van der Waals surface area (Å²) in [5.74, 6) is -0.599. The van der Waals surface area contributed by atoms with Crippen molar-refractivity contribution in [3.05, 3.63) is 70.4 Å². The summed E-state index contributed by atoms with van der Waals surface area (Å²) in [5, 5.41) is 7.28. The lowest BCUT2D eigenvalue weighted by Crippen LogP contribution is -2.31. The molecule has 4 rings (SSSR count). The Kier molecular flexibility index (Phi) is 4.30. The predicted octanol–water partition coefficient (Wildman–Crippen LogP) is 4.17. The maximum absolute atomic E-state index is 14.2. The average molecular weight is 371 g/mol. The van der Waals surface area contributed by atoms with Crippen LogP contribution in [-0.4, -0.2) is 15.7 Å². The second-order valence-corrected chi connectivity index (χ2v) is 6.84. The molecular formula is C20H19F2N3O2. The van der Waals surface area contributed by atoms with Crippen molar-refractivity contribution in [1.82, 2.24) is 15.1 Å². The lowest BCUT2D eigenvalue weighted by atomic mass is 9.92. The van der Waals surface area contributed by atoms with Gasteiger partial charge in [0.25, 0.3) is 5.91 Å². The van der Waals surface area contributed by atoms with Crippen molar-refractivity contribution in [1.29, 1.82) is 0 Å². The van der Waals surface area contributed by atoms with Gasteiger partial charge in [-0.2, -0.15) is 5.10 Å². The molecule has 1 aliphatic carbocycles. The minimum Gasteiger partial charge on any atom is -0.456 e. The normalized spacial score (nSPS) is 16.2. The van der Waals surface area contributed by atoms with E-state index in [-0.39, 0.29) is 17.6 Å². The van der Waals surface area contributed by atoms with E-state index >= 15 is 0 Å². The summed E-state index contributed by atoms with van der Waals surface area (Å²) in [4.78, 5) is 12.6. The monoisotopic (exact) mass is 371 g/mol. The Hall–Kier alpha value is -2.96. The second kappa shape index (κ2) is 6.64. The van der Waals surface area contributed by atoms with Gasteiger partial charge in [0, 0.05) is 22.9 Å². The summed E-state index contributed by atoms with van der Waals surface area (Å²) in [6.45, 7) is 3.62. The first-order valence-electron chi connectivity index (χ1n) is 8.84. The molecule has 140 valence electrons. The summed E-state index contributed by atoms with van der Waals surface area (Å²) in [5.41, 5.74) is 2.65. The molecule has 3 aromatic rings. The van der Waals surface area contributed by atoms with Crippen molar-refractivity contribution in [2.45, 2.75) is 39.2 Å². The van der Waals surface area contributed by atoms with Gasteiger partial charge in [0.1, 0.15) is 17.3 Å². The van der Waals surface area contributed by atoms with Crippen LogP contribution >= 0.6 is 0 Å². The van der Waals surface area contributed by atoms with Gasteiger partial charge in [0.05, 0.1) is 12.2 Å². The van der Waals surface area contributed by atoms with E-state index in [2.05, 4.69) is 10.4 Å². The first-order chi connectivity index (χ1) is 12.9. The number of fused-ring (bicyclic) bond motifs is 1. The van der Waals surface area contributed by atoms with E-state index in [1.54, 1.807) is 13.1 Å². The van der Waals surface area contributed by atoms with Gasteiger partial charge in [-0.05, 0) is 51.3 Å². The minimum atomic E-state index is -0.672. The average Bonchev–Trinajstić information content (AvgIpc) is 3.18. The summed E-state index contributed by atoms with van der Waals surface area (Å²) in [7, 11) is 0. The van der Waals surface area contributed by atoms with Crippen LogP contribution in [0, 0.1) is 25.5 Å². The maximum Gasteiger partial charge on any atom is 0.287 e. The van der Waals surface area contributed by atoms with Crippen LogP contribution in [0.2, 0.25) is 0 Å². The molecule has 5 nitrogen and oxygen atoms in total. The molecule has 0 spiro atoms. The fraction of sp³-hybridized carbons (Fsp3) is 0.300. The molecule has 2 heterocycles. The number of halogens is 2. The third kappa shape index (κ3) is 3.13. The summed E-state index contributed by atoms with van der Waals surface area (Å²) < 4.78 is 34.4. The minimum absolute atomic E-state index is 0.196. The number of amides is 1. The molecule has 27 heavy (non-hydrogen) atoms. The largest absolute Gasteiger partial charge is 0.456 e. The lowest BCUT2D eigenvalue weighted by Gasteiger charge is -2.24. The van der Waals surface area contributed by atoms with Crippen LogP contribution in [0.4, 0.5) is 8.78 Å². The van der Waals surface area contributed by atoms with E-state index in [4.69, 9.17) is 4.42 Å². The van der Waals surface area contributed by atoms with Gasteiger partial charge < -0.3 is 9.73 Å². The van der Waals surface area contributed by atoms with Gasteiger partial charge in [0.15, 0.2) is 11.6 Å². The number of hydrogen-bond acceptors (Lipinski definition) is 3. The molecule has 2 aromatic heterocycles. The van der Waals surface area contributed by atoms with Gasteiger partial charge in [-0.3, -0.25) is 4.79 Å². The maximum atomic E-state index is 14.2. The van der Waals surface area contributed by atoms with Crippen LogP contribution in [0.3, 0.4) is 0 Å². The van der Waals surface area contributed by atoms with E-state index in [0.29, 0.717) is 17.9 Å². The molecule has 0 aliphatic heterocycles. The Balaban J connectivity index is 1.64.